The Morgan fingerprint density at radius 3 is 2.82 bits per heavy atom. The summed E-state index contributed by atoms with van der Waals surface area (Å²) in [5.41, 5.74) is 2.63. The fraction of sp³-hybridized carbons (Fsp3) is 0.125. The van der Waals surface area contributed by atoms with E-state index in [0.717, 1.165) is 5.56 Å². The van der Waals surface area contributed by atoms with Gasteiger partial charge in [0.25, 0.3) is 0 Å². The lowest BCUT2D eigenvalue weighted by molar-refractivity contribution is 0.0470. The van der Waals surface area contributed by atoms with E-state index in [1.54, 1.807) is 6.92 Å². The molecule has 0 fully saturated rings. The highest BCUT2D eigenvalue weighted by atomic mass is 16.5. The average Bonchev–Trinajstić information content (AvgIpc) is 2.98. The molecule has 6 heteroatoms. The van der Waals surface area contributed by atoms with Gasteiger partial charge in [0.15, 0.2) is 5.65 Å². The van der Waals surface area contributed by atoms with E-state index >= 15 is 0 Å². The second-order valence-electron chi connectivity index (χ2n) is 4.72. The van der Waals surface area contributed by atoms with E-state index < -0.39 is 5.97 Å². The molecular weight excluding hydrogens is 280 g/mol. The number of benzene rings is 1. The number of nitrogens with zero attached hydrogens (tertiary/aromatic N) is 4. The zero-order valence-electron chi connectivity index (χ0n) is 11.9. The van der Waals surface area contributed by atoms with Crippen LogP contribution < -0.4 is 0 Å². The molecule has 108 valence electrons. The molecule has 0 aliphatic carbocycles. The molecule has 0 aliphatic heterocycles. The molecule has 0 radical (unpaired) electrons. The molecule has 0 atom stereocenters. The Kier molecular flexibility index (Phi) is 3.54. The van der Waals surface area contributed by atoms with Gasteiger partial charge in [0, 0.05) is 6.20 Å². The normalized spacial score (nSPS) is 10.4. The van der Waals surface area contributed by atoms with Gasteiger partial charge in [0.1, 0.15) is 18.2 Å². The van der Waals surface area contributed by atoms with Crippen LogP contribution in [0.2, 0.25) is 0 Å². The zero-order chi connectivity index (χ0) is 15.5. The lowest BCUT2D eigenvalue weighted by atomic mass is 10.2. The van der Waals surface area contributed by atoms with Crippen molar-refractivity contribution in [1.29, 1.82) is 5.26 Å². The minimum absolute atomic E-state index is 0.194. The van der Waals surface area contributed by atoms with Gasteiger partial charge in [0.2, 0.25) is 0 Å². The first-order valence-electron chi connectivity index (χ1n) is 6.65. The van der Waals surface area contributed by atoms with Crippen LogP contribution >= 0.6 is 0 Å². The van der Waals surface area contributed by atoms with Gasteiger partial charge in [0.05, 0.1) is 17.5 Å². The Labute approximate surface area is 126 Å². The summed E-state index contributed by atoms with van der Waals surface area (Å²) in [7, 11) is 0. The first kappa shape index (κ1) is 13.8. The number of nitriles is 1. The molecule has 0 spiro atoms. The third-order valence-electron chi connectivity index (χ3n) is 3.32. The number of hydrogen-bond donors (Lipinski definition) is 0. The first-order valence-corrected chi connectivity index (χ1v) is 6.65. The molecule has 3 aromatic rings. The molecule has 2 aromatic heterocycles. The van der Waals surface area contributed by atoms with Gasteiger partial charge in [-0.3, -0.25) is 0 Å². The number of carbonyl (C=O) groups is 1. The molecule has 2 heterocycles. The molecule has 0 saturated heterocycles. The number of esters is 1. The summed E-state index contributed by atoms with van der Waals surface area (Å²) in [6.45, 7) is 1.93. The zero-order valence-corrected chi connectivity index (χ0v) is 11.9. The Morgan fingerprint density at radius 2 is 2.09 bits per heavy atom. The molecule has 0 unspecified atom stereocenters. The van der Waals surface area contributed by atoms with Crippen molar-refractivity contribution < 1.29 is 9.53 Å². The summed E-state index contributed by atoms with van der Waals surface area (Å²) < 4.78 is 6.76. The minimum Gasteiger partial charge on any atom is -0.457 e. The van der Waals surface area contributed by atoms with Crippen molar-refractivity contribution in [1.82, 2.24) is 14.6 Å². The van der Waals surface area contributed by atoms with Gasteiger partial charge in [-0.25, -0.2) is 14.3 Å². The molecule has 3 rings (SSSR count). The van der Waals surface area contributed by atoms with E-state index in [1.807, 2.05) is 36.4 Å². The molecule has 6 nitrogen and oxygen atoms in total. The summed E-state index contributed by atoms with van der Waals surface area (Å²) in [4.78, 5) is 16.3. The Morgan fingerprint density at radius 1 is 1.32 bits per heavy atom. The Balaban J connectivity index is 1.85. The number of aromatic nitrogens is 3. The number of hydrogen-bond acceptors (Lipinski definition) is 5. The topological polar surface area (TPSA) is 80.3 Å². The number of rotatable bonds is 3. The van der Waals surface area contributed by atoms with E-state index in [-0.39, 0.29) is 6.61 Å². The molecule has 22 heavy (non-hydrogen) atoms. The van der Waals surface area contributed by atoms with Gasteiger partial charge in [-0.1, -0.05) is 30.3 Å². The van der Waals surface area contributed by atoms with Crippen molar-refractivity contribution in [3.05, 3.63) is 65.1 Å². The van der Waals surface area contributed by atoms with Gasteiger partial charge < -0.3 is 4.74 Å². The van der Waals surface area contributed by atoms with Crippen molar-refractivity contribution in [2.45, 2.75) is 13.5 Å². The molecule has 0 aliphatic rings. The first-order chi connectivity index (χ1) is 10.7. The molecular formula is C16H12N4O2. The summed E-state index contributed by atoms with van der Waals surface area (Å²) in [6, 6.07) is 11.4. The second kappa shape index (κ2) is 5.66. The lowest BCUT2D eigenvalue weighted by Gasteiger charge is -2.08. The summed E-state index contributed by atoms with van der Waals surface area (Å²) in [6.07, 6.45) is 2.84. The van der Waals surface area contributed by atoms with Crippen LogP contribution in [-0.2, 0) is 11.3 Å². The number of carbonyl (C=O) groups excluding carboxylic acids is 1. The highest BCUT2D eigenvalue weighted by molar-refractivity contribution is 5.90. The van der Waals surface area contributed by atoms with Crippen molar-refractivity contribution in [2.75, 3.05) is 0 Å². The van der Waals surface area contributed by atoms with Crippen LogP contribution in [0.4, 0.5) is 0 Å². The predicted octanol–water partition coefficient (Wildman–Crippen LogP) is 2.27. The Bertz CT molecular complexity index is 878. The van der Waals surface area contributed by atoms with E-state index in [0.29, 0.717) is 22.5 Å². The van der Waals surface area contributed by atoms with Crippen molar-refractivity contribution in [3.8, 4) is 6.07 Å². The molecule has 1 aromatic carbocycles. The van der Waals surface area contributed by atoms with Crippen LogP contribution in [0.5, 0.6) is 0 Å². The fourth-order valence-electron chi connectivity index (χ4n) is 2.13. The highest BCUT2D eigenvalue weighted by Gasteiger charge is 2.16. The SMILES string of the molecule is Cc1c(C(=O)OCc2ccccc2)cnc2c(C#N)cnn12. The minimum atomic E-state index is -0.468. The van der Waals surface area contributed by atoms with Crippen molar-refractivity contribution in [2.24, 2.45) is 0 Å². The molecule has 0 bridgehead atoms. The third kappa shape index (κ3) is 2.40. The fourth-order valence-corrected chi connectivity index (χ4v) is 2.13. The monoisotopic (exact) mass is 292 g/mol. The molecule has 0 saturated carbocycles. The van der Waals surface area contributed by atoms with Gasteiger partial charge >= 0.3 is 5.97 Å². The summed E-state index contributed by atoms with van der Waals surface area (Å²) in [5, 5.41) is 13.0. The maximum absolute atomic E-state index is 12.2. The van der Waals surface area contributed by atoms with Crippen LogP contribution in [0, 0.1) is 18.3 Å². The quantitative estimate of drug-likeness (QED) is 0.692. The van der Waals surface area contributed by atoms with Gasteiger partial charge in [-0.2, -0.15) is 10.4 Å². The standard InChI is InChI=1S/C16H12N4O2/c1-11-14(9-18-15-13(7-17)8-19-20(11)15)16(21)22-10-12-5-3-2-4-6-12/h2-6,8-9H,10H2,1H3. The number of aryl methyl sites for hydroxylation is 1. The molecule has 0 N–H and O–H groups in total. The van der Waals surface area contributed by atoms with Gasteiger partial charge in [-0.05, 0) is 12.5 Å². The number of ether oxygens (including phenoxy) is 1. The maximum Gasteiger partial charge on any atom is 0.341 e. The smallest absolute Gasteiger partial charge is 0.341 e. The van der Waals surface area contributed by atoms with E-state index in [4.69, 9.17) is 10.00 Å². The van der Waals surface area contributed by atoms with Gasteiger partial charge in [-0.15, -0.1) is 0 Å². The third-order valence-corrected chi connectivity index (χ3v) is 3.32. The van der Waals surface area contributed by atoms with E-state index in [2.05, 4.69) is 10.1 Å². The maximum atomic E-state index is 12.2. The van der Waals surface area contributed by atoms with Crippen molar-refractivity contribution >= 4 is 11.6 Å². The number of fused-ring (bicyclic) bond motifs is 1. The second-order valence-corrected chi connectivity index (χ2v) is 4.72. The largest absolute Gasteiger partial charge is 0.457 e. The van der Waals surface area contributed by atoms with Crippen LogP contribution in [0.1, 0.15) is 27.2 Å². The van der Waals surface area contributed by atoms with Crippen LogP contribution in [0.25, 0.3) is 5.65 Å². The van der Waals surface area contributed by atoms with Crippen LogP contribution in [-0.4, -0.2) is 20.6 Å². The van der Waals surface area contributed by atoms with E-state index in [9.17, 15) is 4.79 Å². The summed E-state index contributed by atoms with van der Waals surface area (Å²) >= 11 is 0. The summed E-state index contributed by atoms with van der Waals surface area (Å²) in [5.74, 6) is -0.468. The lowest BCUT2D eigenvalue weighted by Crippen LogP contribution is -2.11. The highest BCUT2D eigenvalue weighted by Crippen LogP contribution is 2.14. The Hall–Kier alpha value is -3.20. The van der Waals surface area contributed by atoms with Crippen molar-refractivity contribution in [3.63, 3.8) is 0 Å². The molecule has 0 amide bonds. The van der Waals surface area contributed by atoms with E-state index in [1.165, 1.54) is 16.9 Å². The van der Waals surface area contributed by atoms with Crippen LogP contribution in [0.15, 0.2) is 42.7 Å². The predicted molar refractivity (Wildman–Crippen MR) is 78.0 cm³/mol. The van der Waals surface area contributed by atoms with Crippen LogP contribution in [0.3, 0.4) is 0 Å². The average molecular weight is 292 g/mol.